The largest absolute Gasteiger partial charge is 0.462 e. The summed E-state index contributed by atoms with van der Waals surface area (Å²) in [5.41, 5.74) is 1.52. The van der Waals surface area contributed by atoms with Crippen molar-refractivity contribution in [3.8, 4) is 11.4 Å². The van der Waals surface area contributed by atoms with Crippen molar-refractivity contribution in [3.63, 3.8) is 0 Å². The highest BCUT2D eigenvalue weighted by molar-refractivity contribution is 7.99. The van der Waals surface area contributed by atoms with Crippen LogP contribution in [0.5, 0.6) is 0 Å². The number of nitrogens with one attached hydrogen (secondary N) is 1. The average Bonchev–Trinajstić information content (AvgIpc) is 3.09. The fourth-order valence-electron chi connectivity index (χ4n) is 2.57. The molecular formula is C20H18Cl2N4O3S. The number of rotatable bonds is 7. The molecule has 0 unspecified atom stereocenters. The summed E-state index contributed by atoms with van der Waals surface area (Å²) in [6, 6.07) is 11.8. The fourth-order valence-corrected chi connectivity index (χ4v) is 3.57. The van der Waals surface area contributed by atoms with Crippen LogP contribution >= 0.6 is 35.0 Å². The van der Waals surface area contributed by atoms with E-state index >= 15 is 0 Å². The number of halogens is 2. The molecule has 1 heterocycles. The van der Waals surface area contributed by atoms with Gasteiger partial charge >= 0.3 is 5.97 Å². The van der Waals surface area contributed by atoms with Gasteiger partial charge in [-0.15, -0.1) is 10.2 Å². The van der Waals surface area contributed by atoms with Gasteiger partial charge in [-0.1, -0.05) is 35.0 Å². The number of hydrogen-bond donors (Lipinski definition) is 1. The van der Waals surface area contributed by atoms with Gasteiger partial charge in [0.15, 0.2) is 11.0 Å². The maximum atomic E-state index is 12.4. The molecule has 10 heteroatoms. The molecule has 0 atom stereocenters. The number of benzene rings is 2. The zero-order chi connectivity index (χ0) is 21.7. The maximum absolute atomic E-state index is 12.4. The van der Waals surface area contributed by atoms with E-state index in [4.69, 9.17) is 27.9 Å². The first-order chi connectivity index (χ1) is 14.4. The number of nitrogens with zero attached hydrogens (tertiary/aromatic N) is 3. The van der Waals surface area contributed by atoms with E-state index in [1.54, 1.807) is 29.7 Å². The van der Waals surface area contributed by atoms with Gasteiger partial charge in [0.2, 0.25) is 5.91 Å². The number of ether oxygens (including phenoxy) is 1. The standard InChI is InChI=1S/C20H18Cl2N4O3S/c1-3-29-19(28)13-6-9-15(22)16(10-13)23-17(27)11-30-20-25-24-18(26(20)2)12-4-7-14(21)8-5-12/h4-10H,3,11H2,1-2H3,(H,23,27). The predicted molar refractivity (Wildman–Crippen MR) is 118 cm³/mol. The molecule has 2 aromatic carbocycles. The van der Waals surface area contributed by atoms with Crippen molar-refractivity contribution in [1.29, 1.82) is 0 Å². The summed E-state index contributed by atoms with van der Waals surface area (Å²) in [5.74, 6) is -0.0152. The van der Waals surface area contributed by atoms with Crippen LogP contribution in [0.15, 0.2) is 47.6 Å². The number of carbonyl (C=O) groups is 2. The minimum Gasteiger partial charge on any atom is -0.462 e. The van der Waals surface area contributed by atoms with Gasteiger partial charge in [0, 0.05) is 17.6 Å². The third-order valence-electron chi connectivity index (χ3n) is 4.02. The Hall–Kier alpha value is -2.55. The van der Waals surface area contributed by atoms with Crippen molar-refractivity contribution in [1.82, 2.24) is 14.8 Å². The van der Waals surface area contributed by atoms with Crippen molar-refractivity contribution >= 4 is 52.5 Å². The first kappa shape index (κ1) is 22.1. The number of esters is 1. The average molecular weight is 465 g/mol. The Morgan fingerprint density at radius 2 is 1.87 bits per heavy atom. The Kier molecular flexibility index (Phi) is 7.36. The molecule has 0 bridgehead atoms. The molecule has 0 saturated carbocycles. The quantitative estimate of drug-likeness (QED) is 0.402. The Morgan fingerprint density at radius 3 is 2.57 bits per heavy atom. The van der Waals surface area contributed by atoms with E-state index in [1.807, 2.05) is 19.2 Å². The summed E-state index contributed by atoms with van der Waals surface area (Å²) < 4.78 is 6.77. The highest BCUT2D eigenvalue weighted by Crippen LogP contribution is 2.26. The minimum absolute atomic E-state index is 0.0898. The van der Waals surface area contributed by atoms with Crippen LogP contribution in [0.25, 0.3) is 11.4 Å². The SMILES string of the molecule is CCOC(=O)c1ccc(Cl)c(NC(=O)CSc2nnc(-c3ccc(Cl)cc3)n2C)c1. The molecule has 30 heavy (non-hydrogen) atoms. The van der Waals surface area contributed by atoms with Gasteiger partial charge in [-0.3, -0.25) is 4.79 Å². The third-order valence-corrected chi connectivity index (χ3v) is 5.62. The van der Waals surface area contributed by atoms with E-state index in [2.05, 4.69) is 15.5 Å². The van der Waals surface area contributed by atoms with Gasteiger partial charge in [0.25, 0.3) is 0 Å². The number of aromatic nitrogens is 3. The highest BCUT2D eigenvalue weighted by Gasteiger charge is 2.15. The lowest BCUT2D eigenvalue weighted by atomic mass is 10.2. The molecule has 0 spiro atoms. The second-order valence-electron chi connectivity index (χ2n) is 6.12. The van der Waals surface area contributed by atoms with E-state index < -0.39 is 5.97 Å². The maximum Gasteiger partial charge on any atom is 0.338 e. The number of thioether (sulfide) groups is 1. The minimum atomic E-state index is -0.479. The molecular weight excluding hydrogens is 447 g/mol. The van der Waals surface area contributed by atoms with Gasteiger partial charge in [-0.2, -0.15) is 0 Å². The van der Waals surface area contributed by atoms with Crippen LogP contribution in [-0.4, -0.2) is 39.0 Å². The molecule has 0 saturated heterocycles. The Morgan fingerprint density at radius 1 is 1.13 bits per heavy atom. The number of amides is 1. The van der Waals surface area contributed by atoms with Crippen LogP contribution in [0.1, 0.15) is 17.3 Å². The van der Waals surface area contributed by atoms with E-state index in [0.29, 0.717) is 32.3 Å². The summed E-state index contributed by atoms with van der Waals surface area (Å²) >= 11 is 13.3. The second-order valence-corrected chi connectivity index (χ2v) is 7.91. The summed E-state index contributed by atoms with van der Waals surface area (Å²) in [5, 5.41) is 12.6. The second kappa shape index (κ2) is 9.97. The molecule has 0 aliphatic rings. The third kappa shape index (κ3) is 5.33. The molecule has 0 fully saturated rings. The lowest BCUT2D eigenvalue weighted by molar-refractivity contribution is -0.113. The smallest absolute Gasteiger partial charge is 0.338 e. The van der Waals surface area contributed by atoms with E-state index in [-0.39, 0.29) is 18.3 Å². The molecule has 0 aliphatic carbocycles. The molecule has 156 valence electrons. The monoisotopic (exact) mass is 464 g/mol. The van der Waals surface area contributed by atoms with Gasteiger partial charge in [-0.05, 0) is 49.4 Å². The lowest BCUT2D eigenvalue weighted by Crippen LogP contribution is -2.15. The molecule has 1 amide bonds. The van der Waals surface area contributed by atoms with Crippen molar-refractivity contribution in [3.05, 3.63) is 58.1 Å². The van der Waals surface area contributed by atoms with Crippen LogP contribution in [0.4, 0.5) is 5.69 Å². The summed E-state index contributed by atoms with van der Waals surface area (Å²) in [7, 11) is 1.82. The number of carbonyl (C=O) groups excluding carboxylic acids is 2. The molecule has 0 aliphatic heterocycles. The van der Waals surface area contributed by atoms with Crippen LogP contribution in [0.3, 0.4) is 0 Å². The number of anilines is 1. The van der Waals surface area contributed by atoms with Crippen LogP contribution in [0.2, 0.25) is 10.0 Å². The summed E-state index contributed by atoms with van der Waals surface area (Å²) in [4.78, 5) is 24.3. The predicted octanol–water partition coefficient (Wildman–Crippen LogP) is 4.70. The summed E-state index contributed by atoms with van der Waals surface area (Å²) in [6.07, 6.45) is 0. The van der Waals surface area contributed by atoms with Crippen LogP contribution in [0, 0.1) is 0 Å². The Balaban J connectivity index is 1.65. The first-order valence-corrected chi connectivity index (χ1v) is 10.7. The normalized spacial score (nSPS) is 10.7. The van der Waals surface area contributed by atoms with Gasteiger partial charge in [0.1, 0.15) is 0 Å². The van der Waals surface area contributed by atoms with E-state index in [1.165, 1.54) is 23.9 Å². The molecule has 7 nitrogen and oxygen atoms in total. The van der Waals surface area contributed by atoms with Gasteiger partial charge < -0.3 is 14.6 Å². The number of hydrogen-bond acceptors (Lipinski definition) is 6. The van der Waals surface area contributed by atoms with Crippen molar-refractivity contribution in [2.75, 3.05) is 17.7 Å². The van der Waals surface area contributed by atoms with E-state index in [0.717, 1.165) is 5.56 Å². The van der Waals surface area contributed by atoms with Crippen molar-refractivity contribution < 1.29 is 14.3 Å². The highest BCUT2D eigenvalue weighted by atomic mass is 35.5. The first-order valence-electron chi connectivity index (χ1n) is 8.93. The van der Waals surface area contributed by atoms with Crippen molar-refractivity contribution in [2.24, 2.45) is 7.05 Å². The topological polar surface area (TPSA) is 86.1 Å². The van der Waals surface area contributed by atoms with E-state index in [9.17, 15) is 9.59 Å². The van der Waals surface area contributed by atoms with Crippen molar-refractivity contribution in [2.45, 2.75) is 12.1 Å². The molecule has 3 aromatic rings. The summed E-state index contributed by atoms with van der Waals surface area (Å²) in [6.45, 7) is 1.98. The molecule has 1 aromatic heterocycles. The Bertz CT molecular complexity index is 1070. The van der Waals surface area contributed by atoms with Crippen LogP contribution < -0.4 is 5.32 Å². The zero-order valence-electron chi connectivity index (χ0n) is 16.2. The lowest BCUT2D eigenvalue weighted by Gasteiger charge is -2.09. The molecule has 0 radical (unpaired) electrons. The molecule has 1 N–H and O–H groups in total. The zero-order valence-corrected chi connectivity index (χ0v) is 18.5. The molecule has 3 rings (SSSR count). The van der Waals surface area contributed by atoms with Gasteiger partial charge in [0.05, 0.1) is 28.6 Å². The Labute approximate surface area is 187 Å². The van der Waals surface area contributed by atoms with Gasteiger partial charge in [-0.25, -0.2) is 4.79 Å². The van der Waals surface area contributed by atoms with Crippen LogP contribution in [-0.2, 0) is 16.6 Å². The fraction of sp³-hybridized carbons (Fsp3) is 0.200.